The molecule has 1 aliphatic heterocycles. The van der Waals surface area contributed by atoms with E-state index in [1.54, 1.807) is 25.3 Å². The number of rotatable bonds is 6. The van der Waals surface area contributed by atoms with Gasteiger partial charge in [-0.2, -0.15) is 9.37 Å². The molecule has 5 rings (SSSR count). The average Bonchev–Trinajstić information content (AvgIpc) is 3.28. The number of ether oxygens (including phenoxy) is 1. The van der Waals surface area contributed by atoms with E-state index in [0.29, 0.717) is 12.2 Å². The molecule has 2 aliphatic rings. The molecule has 182 valence electrons. The van der Waals surface area contributed by atoms with Gasteiger partial charge >= 0.3 is 0 Å². The van der Waals surface area contributed by atoms with Crippen molar-refractivity contribution in [2.24, 2.45) is 0 Å². The number of aromatic nitrogens is 3. The Morgan fingerprint density at radius 2 is 1.83 bits per heavy atom. The summed E-state index contributed by atoms with van der Waals surface area (Å²) in [5.41, 5.74) is 2.19. The van der Waals surface area contributed by atoms with Gasteiger partial charge in [-0.25, -0.2) is 18.7 Å². The highest BCUT2D eigenvalue weighted by Gasteiger charge is 2.24. The number of nitrogens with one attached hydrogen (secondary N) is 1. The van der Waals surface area contributed by atoms with Crippen molar-refractivity contribution in [3.8, 4) is 11.6 Å². The molecule has 0 amide bonds. The van der Waals surface area contributed by atoms with E-state index < -0.39 is 29.1 Å². The van der Waals surface area contributed by atoms with Crippen molar-refractivity contribution in [3.63, 3.8) is 0 Å². The summed E-state index contributed by atoms with van der Waals surface area (Å²) in [6.07, 6.45) is 4.69. The molecule has 1 saturated heterocycles. The Hall–Kier alpha value is -3.66. The van der Waals surface area contributed by atoms with E-state index in [4.69, 9.17) is 4.74 Å². The van der Waals surface area contributed by atoms with E-state index in [1.807, 2.05) is 6.07 Å². The fourth-order valence-electron chi connectivity index (χ4n) is 4.35. The molecule has 1 aromatic carbocycles. The summed E-state index contributed by atoms with van der Waals surface area (Å²) >= 11 is 0. The smallest absolute Gasteiger partial charge is 0.261 e. The Balaban J connectivity index is 1.32. The molecule has 0 bridgehead atoms. The Labute approximate surface area is 201 Å². The standard InChI is InChI=1S/C25H25F3N6O/c1-3-33-6-8-34(9-7-33)16-4-5-21(29-13-16)32-24-23(28)25(31-14-30-24)35-20-12-19(26)17-10-15(2)11-18(17)22(20)27/h4-5,11-14H,3,6-10H2,1-2H3,(H,29,30,31,32). The molecule has 2 aromatic heterocycles. The molecule has 0 unspecified atom stereocenters. The second-order valence-corrected chi connectivity index (χ2v) is 8.62. The van der Waals surface area contributed by atoms with Crippen molar-refractivity contribution in [2.75, 3.05) is 42.9 Å². The second kappa shape index (κ2) is 9.53. The number of piperazine rings is 1. The predicted octanol–water partition coefficient (Wildman–Crippen LogP) is 4.93. The molecule has 1 fully saturated rings. The largest absolute Gasteiger partial charge is 0.433 e. The Morgan fingerprint density at radius 1 is 1.03 bits per heavy atom. The van der Waals surface area contributed by atoms with E-state index in [9.17, 15) is 8.78 Å². The zero-order chi connectivity index (χ0) is 24.5. The molecule has 10 heteroatoms. The summed E-state index contributed by atoms with van der Waals surface area (Å²) in [5.74, 6) is -3.10. The quantitative estimate of drug-likeness (QED) is 0.535. The minimum Gasteiger partial charge on any atom is -0.433 e. The Morgan fingerprint density at radius 3 is 2.54 bits per heavy atom. The lowest BCUT2D eigenvalue weighted by atomic mass is 10.1. The monoisotopic (exact) mass is 482 g/mol. The molecule has 3 aromatic rings. The molecule has 1 N–H and O–H groups in total. The molecule has 0 atom stereocenters. The summed E-state index contributed by atoms with van der Waals surface area (Å²) in [7, 11) is 0. The zero-order valence-corrected chi connectivity index (χ0v) is 19.5. The maximum absolute atomic E-state index is 15.1. The molecule has 0 radical (unpaired) electrons. The van der Waals surface area contributed by atoms with Crippen LogP contribution in [0.4, 0.5) is 30.5 Å². The van der Waals surface area contributed by atoms with Crippen molar-refractivity contribution in [1.82, 2.24) is 19.9 Å². The van der Waals surface area contributed by atoms with Crippen LogP contribution in [0.15, 0.2) is 36.3 Å². The number of benzene rings is 1. The van der Waals surface area contributed by atoms with Crippen molar-refractivity contribution in [3.05, 3.63) is 64.9 Å². The van der Waals surface area contributed by atoms with Crippen LogP contribution in [0.1, 0.15) is 25.0 Å². The van der Waals surface area contributed by atoms with Crippen LogP contribution in [0, 0.1) is 17.5 Å². The topological polar surface area (TPSA) is 66.4 Å². The van der Waals surface area contributed by atoms with Crippen LogP contribution in [0.2, 0.25) is 0 Å². The molecule has 0 spiro atoms. The number of nitrogens with zero attached hydrogens (tertiary/aromatic N) is 5. The summed E-state index contributed by atoms with van der Waals surface area (Å²) < 4.78 is 49.7. The van der Waals surface area contributed by atoms with Gasteiger partial charge in [0.2, 0.25) is 5.82 Å². The Kier molecular flexibility index (Phi) is 6.29. The summed E-state index contributed by atoms with van der Waals surface area (Å²) in [6.45, 7) is 8.80. The fourth-order valence-corrected chi connectivity index (χ4v) is 4.35. The number of pyridine rings is 1. The second-order valence-electron chi connectivity index (χ2n) is 8.62. The van der Waals surface area contributed by atoms with Crippen molar-refractivity contribution >= 4 is 23.4 Å². The Bertz CT molecular complexity index is 1270. The first-order valence-electron chi connectivity index (χ1n) is 11.5. The van der Waals surface area contributed by atoms with Gasteiger partial charge in [0.15, 0.2) is 17.4 Å². The maximum atomic E-state index is 15.1. The van der Waals surface area contributed by atoms with Crippen LogP contribution < -0.4 is 15.0 Å². The first-order chi connectivity index (χ1) is 16.9. The highest BCUT2D eigenvalue weighted by Crippen LogP contribution is 2.37. The lowest BCUT2D eigenvalue weighted by Gasteiger charge is -2.35. The van der Waals surface area contributed by atoms with Crippen LogP contribution in [0.25, 0.3) is 6.08 Å². The summed E-state index contributed by atoms with van der Waals surface area (Å²) in [4.78, 5) is 16.7. The van der Waals surface area contributed by atoms with Crippen molar-refractivity contribution in [2.45, 2.75) is 20.3 Å². The van der Waals surface area contributed by atoms with Crippen molar-refractivity contribution < 1.29 is 17.9 Å². The lowest BCUT2D eigenvalue weighted by molar-refractivity contribution is 0.271. The first kappa shape index (κ1) is 23.1. The summed E-state index contributed by atoms with van der Waals surface area (Å²) in [5, 5.41) is 2.80. The molecule has 3 heterocycles. The molecule has 35 heavy (non-hydrogen) atoms. The van der Waals surface area contributed by atoms with E-state index in [-0.39, 0.29) is 16.9 Å². The third-order valence-corrected chi connectivity index (χ3v) is 6.31. The van der Waals surface area contributed by atoms with Gasteiger partial charge in [-0.15, -0.1) is 0 Å². The van der Waals surface area contributed by atoms with Gasteiger partial charge in [-0.3, -0.25) is 0 Å². The summed E-state index contributed by atoms with van der Waals surface area (Å²) in [6, 6.07) is 4.55. The highest BCUT2D eigenvalue weighted by atomic mass is 19.1. The van der Waals surface area contributed by atoms with Crippen LogP contribution in [0.3, 0.4) is 0 Å². The van der Waals surface area contributed by atoms with E-state index in [1.165, 1.54) is 0 Å². The van der Waals surface area contributed by atoms with Crippen LogP contribution in [0.5, 0.6) is 11.6 Å². The van der Waals surface area contributed by atoms with Crippen LogP contribution >= 0.6 is 0 Å². The van der Waals surface area contributed by atoms with E-state index >= 15 is 4.39 Å². The number of allylic oxidation sites excluding steroid dienone is 1. The third kappa shape index (κ3) is 4.66. The van der Waals surface area contributed by atoms with Gasteiger partial charge in [0.1, 0.15) is 18.0 Å². The minimum atomic E-state index is -0.943. The predicted molar refractivity (Wildman–Crippen MR) is 128 cm³/mol. The maximum Gasteiger partial charge on any atom is 0.261 e. The van der Waals surface area contributed by atoms with E-state index in [0.717, 1.165) is 56.4 Å². The number of anilines is 3. The molecule has 7 nitrogen and oxygen atoms in total. The molecule has 1 aliphatic carbocycles. The number of hydrogen-bond donors (Lipinski definition) is 1. The lowest BCUT2D eigenvalue weighted by Crippen LogP contribution is -2.46. The SMILES string of the molecule is CCN1CCN(c2ccc(Nc3ncnc(Oc4cc(F)c5c(c4F)C=C(C)C5)c3F)nc2)CC1. The van der Waals surface area contributed by atoms with Crippen molar-refractivity contribution in [1.29, 1.82) is 0 Å². The van der Waals surface area contributed by atoms with Gasteiger partial charge in [0, 0.05) is 43.4 Å². The molecular weight excluding hydrogens is 457 g/mol. The third-order valence-electron chi connectivity index (χ3n) is 6.31. The van der Waals surface area contributed by atoms with Gasteiger partial charge in [0.05, 0.1) is 11.9 Å². The van der Waals surface area contributed by atoms with Gasteiger partial charge < -0.3 is 19.9 Å². The van der Waals surface area contributed by atoms with Gasteiger partial charge in [0.25, 0.3) is 5.88 Å². The molecule has 0 saturated carbocycles. The van der Waals surface area contributed by atoms with E-state index in [2.05, 4.69) is 37.0 Å². The fraction of sp³-hybridized carbons (Fsp3) is 0.320. The molecular formula is C25H25F3N6O. The van der Waals surface area contributed by atoms with Gasteiger partial charge in [-0.1, -0.05) is 18.6 Å². The normalized spacial score (nSPS) is 15.7. The number of likely N-dealkylation sites (N-methyl/N-ethyl adjacent to an activating group) is 1. The number of fused-ring (bicyclic) bond motifs is 1. The minimum absolute atomic E-state index is 0.116. The van der Waals surface area contributed by atoms with Crippen LogP contribution in [-0.2, 0) is 6.42 Å². The average molecular weight is 483 g/mol. The number of hydrogen-bond acceptors (Lipinski definition) is 7. The first-order valence-corrected chi connectivity index (χ1v) is 11.5. The zero-order valence-electron chi connectivity index (χ0n) is 19.5. The number of halogens is 3. The van der Waals surface area contributed by atoms with Gasteiger partial charge in [-0.05, 0) is 32.0 Å². The highest BCUT2D eigenvalue weighted by molar-refractivity contribution is 5.66. The van der Waals surface area contributed by atoms with Crippen LogP contribution in [-0.4, -0.2) is 52.6 Å².